The lowest BCUT2D eigenvalue weighted by Gasteiger charge is -2.26. The predicted molar refractivity (Wildman–Crippen MR) is 108 cm³/mol. The lowest BCUT2D eigenvalue weighted by atomic mass is 9.86. The maximum Gasteiger partial charge on any atom is 0.147 e. The zero-order chi connectivity index (χ0) is 18.8. The van der Waals surface area contributed by atoms with Crippen LogP contribution in [0, 0.1) is 5.92 Å². The van der Waals surface area contributed by atoms with Crippen molar-refractivity contribution in [3.63, 3.8) is 0 Å². The molecule has 0 radical (unpaired) electrons. The van der Waals surface area contributed by atoms with Gasteiger partial charge in [-0.05, 0) is 67.8 Å². The van der Waals surface area contributed by atoms with Gasteiger partial charge < -0.3 is 26.6 Å². The number of pyridine rings is 1. The Kier molecular flexibility index (Phi) is 5.07. The zero-order valence-corrected chi connectivity index (χ0v) is 15.6. The minimum atomic E-state index is 0.144. The molecule has 1 aliphatic carbocycles. The van der Waals surface area contributed by atoms with E-state index in [0.717, 1.165) is 31.5 Å². The predicted octanol–water partition coefficient (Wildman–Crippen LogP) is 3.26. The first-order valence-corrected chi connectivity index (χ1v) is 9.85. The summed E-state index contributed by atoms with van der Waals surface area (Å²) >= 11 is 0. The average Bonchev–Trinajstić information content (AvgIpc) is 2.63. The number of benzene rings is 1. The van der Waals surface area contributed by atoms with Crippen molar-refractivity contribution in [2.24, 2.45) is 5.92 Å². The molecule has 1 saturated carbocycles. The Morgan fingerprint density at radius 3 is 2.74 bits per heavy atom. The molecule has 2 aliphatic rings. The molecule has 6 heteroatoms. The van der Waals surface area contributed by atoms with Crippen molar-refractivity contribution in [1.82, 2.24) is 10.3 Å². The van der Waals surface area contributed by atoms with E-state index in [0.29, 0.717) is 47.0 Å². The van der Waals surface area contributed by atoms with Crippen LogP contribution in [0.15, 0.2) is 24.3 Å². The summed E-state index contributed by atoms with van der Waals surface area (Å²) in [5, 5.41) is 14.0. The van der Waals surface area contributed by atoms with Crippen molar-refractivity contribution in [1.29, 1.82) is 0 Å². The number of aromatic nitrogens is 1. The lowest BCUT2D eigenvalue weighted by Crippen LogP contribution is -2.29. The number of aromatic hydroxyl groups is 1. The van der Waals surface area contributed by atoms with E-state index >= 15 is 0 Å². The van der Waals surface area contributed by atoms with Crippen LogP contribution in [-0.2, 0) is 0 Å². The highest BCUT2D eigenvalue weighted by Crippen LogP contribution is 2.41. The Balaban J connectivity index is 1.70. The smallest absolute Gasteiger partial charge is 0.147 e. The van der Waals surface area contributed by atoms with Crippen LogP contribution < -0.4 is 21.5 Å². The number of phenols is 1. The van der Waals surface area contributed by atoms with Crippen LogP contribution in [0.2, 0.25) is 0 Å². The molecular weight excluding hydrogens is 340 g/mol. The molecule has 1 saturated heterocycles. The average molecular weight is 368 g/mol. The summed E-state index contributed by atoms with van der Waals surface area (Å²) < 4.78 is 6.05. The van der Waals surface area contributed by atoms with E-state index in [1.165, 1.54) is 19.3 Å². The summed E-state index contributed by atoms with van der Waals surface area (Å²) in [4.78, 5) is 4.47. The molecule has 4 rings (SSSR count). The fourth-order valence-electron chi connectivity index (χ4n) is 3.94. The summed E-state index contributed by atoms with van der Waals surface area (Å²) in [6.07, 6.45) is 5.86. The van der Waals surface area contributed by atoms with Crippen molar-refractivity contribution in [3.8, 4) is 22.8 Å². The first-order valence-electron chi connectivity index (χ1n) is 9.85. The third-order valence-electron chi connectivity index (χ3n) is 5.82. The van der Waals surface area contributed by atoms with Gasteiger partial charge in [0.25, 0.3) is 0 Å². The number of nitrogens with two attached hydrogens (primary N) is 2. The Bertz CT molecular complexity index is 814. The van der Waals surface area contributed by atoms with Crippen molar-refractivity contribution in [2.75, 3.05) is 31.2 Å². The van der Waals surface area contributed by atoms with Crippen LogP contribution in [-0.4, -0.2) is 29.8 Å². The normalized spacial score (nSPS) is 20.2. The standard InChI is InChI=1S/C21H28N4O2/c22-20-15(14-6-3-9-24-11-14)10-16(25-21(20)23)19-17(26)7-2-8-18(19)27-12-13-4-1-5-13/h2,7-8,10,13-14,24,26H,1,3-6,9,11-12,22H2,(H2,23,25). The van der Waals surface area contributed by atoms with Gasteiger partial charge >= 0.3 is 0 Å². The van der Waals surface area contributed by atoms with Gasteiger partial charge in [0.05, 0.1) is 23.6 Å². The number of phenolic OH excluding ortho intramolecular Hbond substituents is 1. The van der Waals surface area contributed by atoms with E-state index < -0.39 is 0 Å². The SMILES string of the molecule is Nc1nc(-c2c(O)cccc2OCC2CCC2)cc(C2CCCNC2)c1N. The topological polar surface area (TPSA) is 106 Å². The van der Waals surface area contributed by atoms with Gasteiger partial charge in [-0.2, -0.15) is 0 Å². The zero-order valence-electron chi connectivity index (χ0n) is 15.6. The van der Waals surface area contributed by atoms with Crippen LogP contribution in [0.4, 0.5) is 11.5 Å². The van der Waals surface area contributed by atoms with E-state index in [-0.39, 0.29) is 5.75 Å². The fraction of sp³-hybridized carbons (Fsp3) is 0.476. The highest BCUT2D eigenvalue weighted by atomic mass is 16.5. The number of ether oxygens (including phenoxy) is 1. The lowest BCUT2D eigenvalue weighted by molar-refractivity contribution is 0.181. The van der Waals surface area contributed by atoms with Gasteiger partial charge in [-0.3, -0.25) is 0 Å². The summed E-state index contributed by atoms with van der Waals surface area (Å²) in [6, 6.07) is 7.29. The first kappa shape index (κ1) is 17.9. The number of nitrogens with zero attached hydrogens (tertiary/aromatic N) is 1. The van der Waals surface area contributed by atoms with Crippen molar-refractivity contribution >= 4 is 11.5 Å². The number of nitrogens with one attached hydrogen (secondary N) is 1. The molecule has 144 valence electrons. The minimum absolute atomic E-state index is 0.144. The molecule has 1 aromatic heterocycles. The molecule has 6 nitrogen and oxygen atoms in total. The number of anilines is 2. The van der Waals surface area contributed by atoms with Crippen LogP contribution >= 0.6 is 0 Å². The van der Waals surface area contributed by atoms with Crippen LogP contribution in [0.3, 0.4) is 0 Å². The maximum absolute atomic E-state index is 10.5. The largest absolute Gasteiger partial charge is 0.507 e. The molecule has 2 aromatic rings. The van der Waals surface area contributed by atoms with Gasteiger partial charge in [-0.15, -0.1) is 0 Å². The van der Waals surface area contributed by atoms with Crippen molar-refractivity contribution in [2.45, 2.75) is 38.0 Å². The first-order chi connectivity index (χ1) is 13.1. The summed E-state index contributed by atoms with van der Waals surface area (Å²) in [5.41, 5.74) is 15.1. The second-order valence-electron chi connectivity index (χ2n) is 7.70. The quantitative estimate of drug-likeness (QED) is 0.645. The fourth-order valence-corrected chi connectivity index (χ4v) is 3.94. The highest BCUT2D eigenvalue weighted by Gasteiger charge is 2.24. The Morgan fingerprint density at radius 1 is 1.19 bits per heavy atom. The van der Waals surface area contributed by atoms with Crippen LogP contribution in [0.5, 0.6) is 11.5 Å². The second kappa shape index (κ2) is 7.64. The van der Waals surface area contributed by atoms with Crippen molar-refractivity contribution in [3.05, 3.63) is 29.8 Å². The molecular formula is C21H28N4O2. The molecule has 1 atom stereocenters. The Hall–Kier alpha value is -2.47. The van der Waals surface area contributed by atoms with Gasteiger partial charge in [0, 0.05) is 6.54 Å². The van der Waals surface area contributed by atoms with Gasteiger partial charge in [0.1, 0.15) is 17.3 Å². The number of nitrogen functional groups attached to an aromatic ring is 2. The molecule has 0 amide bonds. The van der Waals surface area contributed by atoms with Gasteiger partial charge in [-0.25, -0.2) is 4.98 Å². The van der Waals surface area contributed by atoms with Gasteiger partial charge in [0.2, 0.25) is 0 Å². The summed E-state index contributed by atoms with van der Waals surface area (Å²) in [6.45, 7) is 2.57. The number of hydrogen-bond donors (Lipinski definition) is 4. The summed E-state index contributed by atoms with van der Waals surface area (Å²) in [5.74, 6) is 2.00. The van der Waals surface area contributed by atoms with Crippen LogP contribution in [0.25, 0.3) is 11.3 Å². The molecule has 2 heterocycles. The maximum atomic E-state index is 10.5. The van der Waals surface area contributed by atoms with E-state index in [9.17, 15) is 5.11 Å². The molecule has 6 N–H and O–H groups in total. The highest BCUT2D eigenvalue weighted by molar-refractivity contribution is 5.78. The monoisotopic (exact) mass is 368 g/mol. The number of rotatable bonds is 5. The molecule has 1 aromatic carbocycles. The summed E-state index contributed by atoms with van der Waals surface area (Å²) in [7, 11) is 0. The van der Waals surface area contributed by atoms with Crippen molar-refractivity contribution < 1.29 is 9.84 Å². The molecule has 27 heavy (non-hydrogen) atoms. The van der Waals surface area contributed by atoms with E-state index in [1.807, 2.05) is 12.1 Å². The molecule has 2 fully saturated rings. The Labute approximate surface area is 159 Å². The molecule has 0 spiro atoms. The third kappa shape index (κ3) is 3.67. The third-order valence-corrected chi connectivity index (χ3v) is 5.82. The van der Waals surface area contributed by atoms with E-state index in [2.05, 4.69) is 10.3 Å². The van der Waals surface area contributed by atoms with E-state index in [4.69, 9.17) is 16.2 Å². The molecule has 0 bridgehead atoms. The van der Waals surface area contributed by atoms with Crippen LogP contribution in [0.1, 0.15) is 43.6 Å². The van der Waals surface area contributed by atoms with Gasteiger partial charge in [0.15, 0.2) is 0 Å². The minimum Gasteiger partial charge on any atom is -0.507 e. The molecule has 1 unspecified atom stereocenters. The second-order valence-corrected chi connectivity index (χ2v) is 7.70. The van der Waals surface area contributed by atoms with E-state index in [1.54, 1.807) is 12.1 Å². The van der Waals surface area contributed by atoms with Gasteiger partial charge in [-0.1, -0.05) is 12.5 Å². The Morgan fingerprint density at radius 2 is 2.04 bits per heavy atom. The molecule has 1 aliphatic heterocycles. The number of piperidine rings is 1. The number of hydrogen-bond acceptors (Lipinski definition) is 6.